The van der Waals surface area contributed by atoms with Crippen molar-refractivity contribution >= 4 is 17.3 Å². The Morgan fingerprint density at radius 3 is 2.64 bits per heavy atom. The van der Waals surface area contributed by atoms with Crippen molar-refractivity contribution in [3.05, 3.63) is 69.3 Å². The first-order chi connectivity index (χ1) is 13.5. The molecule has 0 atom stereocenters. The van der Waals surface area contributed by atoms with Crippen LogP contribution in [0.15, 0.2) is 42.5 Å². The summed E-state index contributed by atoms with van der Waals surface area (Å²) in [7, 11) is 1.71. The molecule has 1 aliphatic heterocycles. The Morgan fingerprint density at radius 2 is 1.93 bits per heavy atom. The summed E-state index contributed by atoms with van der Waals surface area (Å²) in [5.74, 6) is -0.161. The van der Waals surface area contributed by atoms with Crippen LogP contribution >= 0.6 is 0 Å². The molecule has 1 aliphatic rings. The van der Waals surface area contributed by atoms with Gasteiger partial charge in [0.15, 0.2) is 0 Å². The number of benzene rings is 2. The summed E-state index contributed by atoms with van der Waals surface area (Å²) < 4.78 is 0. The predicted octanol–water partition coefficient (Wildman–Crippen LogP) is 3.29. The molecule has 0 bridgehead atoms. The smallest absolute Gasteiger partial charge is 0.270 e. The van der Waals surface area contributed by atoms with E-state index in [4.69, 9.17) is 0 Å². The van der Waals surface area contributed by atoms with Crippen LogP contribution in [0.4, 0.5) is 11.4 Å². The molecular weight excluding hydrogens is 356 g/mol. The van der Waals surface area contributed by atoms with E-state index in [1.54, 1.807) is 18.0 Å². The highest BCUT2D eigenvalue weighted by Gasteiger charge is 2.24. The van der Waals surface area contributed by atoms with Crippen molar-refractivity contribution in [3.63, 3.8) is 0 Å². The minimum Gasteiger partial charge on any atom is -0.387 e. The molecule has 1 heterocycles. The van der Waals surface area contributed by atoms with Gasteiger partial charge in [0.1, 0.15) is 0 Å². The number of amides is 1. The Bertz CT molecular complexity index is 868. The van der Waals surface area contributed by atoms with Gasteiger partial charge >= 0.3 is 0 Å². The lowest BCUT2D eigenvalue weighted by Crippen LogP contribution is -2.35. The number of rotatable bonds is 5. The third-order valence-electron chi connectivity index (χ3n) is 5.24. The maximum atomic E-state index is 13.1. The molecule has 7 heteroatoms. The van der Waals surface area contributed by atoms with E-state index in [0.29, 0.717) is 24.3 Å². The summed E-state index contributed by atoms with van der Waals surface area (Å²) in [6.45, 7) is 5.94. The molecule has 1 N–H and O–H groups in total. The maximum Gasteiger partial charge on any atom is 0.270 e. The van der Waals surface area contributed by atoms with Gasteiger partial charge in [-0.25, -0.2) is 0 Å². The van der Waals surface area contributed by atoms with Crippen molar-refractivity contribution in [2.75, 3.05) is 38.5 Å². The zero-order chi connectivity index (χ0) is 20.1. The van der Waals surface area contributed by atoms with Crippen LogP contribution in [0, 0.1) is 17.0 Å². The van der Waals surface area contributed by atoms with Crippen LogP contribution in [0.1, 0.15) is 27.9 Å². The Balaban J connectivity index is 1.72. The summed E-state index contributed by atoms with van der Waals surface area (Å²) in [5.41, 5.74) is 3.47. The lowest BCUT2D eigenvalue weighted by Gasteiger charge is -2.23. The first-order valence-corrected chi connectivity index (χ1v) is 9.52. The summed E-state index contributed by atoms with van der Waals surface area (Å²) in [6.07, 6.45) is 0.876. The van der Waals surface area contributed by atoms with Gasteiger partial charge in [-0.3, -0.25) is 19.8 Å². The first kappa shape index (κ1) is 19.8. The van der Waals surface area contributed by atoms with Crippen LogP contribution in [-0.4, -0.2) is 53.9 Å². The highest BCUT2D eigenvalue weighted by atomic mass is 16.6. The van der Waals surface area contributed by atoms with Crippen molar-refractivity contribution in [1.82, 2.24) is 9.80 Å². The zero-order valence-corrected chi connectivity index (χ0v) is 16.4. The Hall–Kier alpha value is -2.93. The van der Waals surface area contributed by atoms with Crippen molar-refractivity contribution in [3.8, 4) is 0 Å². The molecule has 1 fully saturated rings. The summed E-state index contributed by atoms with van der Waals surface area (Å²) in [5, 5.41) is 14.1. The van der Waals surface area contributed by atoms with E-state index < -0.39 is 4.92 Å². The number of non-ortho nitro benzene ring substituents is 1. The SMILES string of the molecule is CNc1ccc([N+](=O)[O-])cc1C(=O)N1CCCN(Cc2ccccc2C)CC1. The number of nitrogens with one attached hydrogen (secondary N) is 1. The van der Waals surface area contributed by atoms with Crippen molar-refractivity contribution < 1.29 is 9.72 Å². The molecule has 28 heavy (non-hydrogen) atoms. The number of nitro groups is 1. The standard InChI is InChI=1S/C21H26N4O3/c1-16-6-3-4-7-17(16)15-23-10-5-11-24(13-12-23)21(26)19-14-18(25(27)28)8-9-20(19)22-2/h3-4,6-9,14,22H,5,10-13,15H2,1-2H3. The first-order valence-electron chi connectivity index (χ1n) is 9.52. The van der Waals surface area contributed by atoms with Crippen molar-refractivity contribution in [2.24, 2.45) is 0 Å². The van der Waals surface area contributed by atoms with Gasteiger partial charge in [0.05, 0.1) is 10.5 Å². The molecule has 1 amide bonds. The van der Waals surface area contributed by atoms with Gasteiger partial charge in [0.2, 0.25) is 0 Å². The number of carbonyl (C=O) groups excluding carboxylic acids is 1. The molecule has 0 aliphatic carbocycles. The highest BCUT2D eigenvalue weighted by molar-refractivity contribution is 6.00. The van der Waals surface area contributed by atoms with Gasteiger partial charge in [0.25, 0.3) is 11.6 Å². The molecule has 1 saturated heterocycles. The van der Waals surface area contributed by atoms with E-state index in [0.717, 1.165) is 26.1 Å². The molecule has 0 saturated carbocycles. The number of nitro benzene ring substituents is 1. The van der Waals surface area contributed by atoms with Gasteiger partial charge in [-0.05, 0) is 30.5 Å². The minimum atomic E-state index is -0.470. The molecule has 0 aromatic heterocycles. The lowest BCUT2D eigenvalue weighted by molar-refractivity contribution is -0.384. The summed E-state index contributed by atoms with van der Waals surface area (Å²) in [6, 6.07) is 12.7. The zero-order valence-electron chi connectivity index (χ0n) is 16.4. The Labute approximate surface area is 165 Å². The molecule has 0 unspecified atom stereocenters. The number of aryl methyl sites for hydroxylation is 1. The van der Waals surface area contributed by atoms with Crippen LogP contribution in [0.25, 0.3) is 0 Å². The minimum absolute atomic E-state index is 0.0710. The second-order valence-electron chi connectivity index (χ2n) is 7.09. The average molecular weight is 382 g/mol. The van der Waals surface area contributed by atoms with Crippen LogP contribution in [-0.2, 0) is 6.54 Å². The van der Waals surface area contributed by atoms with E-state index in [9.17, 15) is 14.9 Å². The van der Waals surface area contributed by atoms with Gasteiger partial charge in [0, 0.05) is 57.6 Å². The van der Waals surface area contributed by atoms with Gasteiger partial charge in [-0.1, -0.05) is 24.3 Å². The van der Waals surface area contributed by atoms with Crippen molar-refractivity contribution in [1.29, 1.82) is 0 Å². The van der Waals surface area contributed by atoms with E-state index in [1.165, 1.54) is 23.3 Å². The Kier molecular flexibility index (Phi) is 6.26. The van der Waals surface area contributed by atoms with Crippen LogP contribution in [0.2, 0.25) is 0 Å². The fourth-order valence-electron chi connectivity index (χ4n) is 3.57. The number of hydrogen-bond acceptors (Lipinski definition) is 5. The third-order valence-corrected chi connectivity index (χ3v) is 5.24. The number of hydrogen-bond donors (Lipinski definition) is 1. The van der Waals surface area contributed by atoms with Crippen molar-refractivity contribution in [2.45, 2.75) is 19.9 Å². The highest BCUT2D eigenvalue weighted by Crippen LogP contribution is 2.24. The molecule has 148 valence electrons. The van der Waals surface area contributed by atoms with Gasteiger partial charge in [-0.2, -0.15) is 0 Å². The summed E-state index contributed by atoms with van der Waals surface area (Å²) >= 11 is 0. The van der Waals surface area contributed by atoms with E-state index in [2.05, 4.69) is 35.3 Å². The molecule has 2 aromatic rings. The molecule has 3 rings (SSSR count). The van der Waals surface area contributed by atoms with E-state index in [-0.39, 0.29) is 11.6 Å². The maximum absolute atomic E-state index is 13.1. The molecular formula is C21H26N4O3. The van der Waals surface area contributed by atoms with Crippen LogP contribution in [0.5, 0.6) is 0 Å². The molecule has 0 spiro atoms. The number of anilines is 1. The fourth-order valence-corrected chi connectivity index (χ4v) is 3.57. The quantitative estimate of drug-likeness (QED) is 0.634. The largest absolute Gasteiger partial charge is 0.387 e. The molecule has 2 aromatic carbocycles. The number of carbonyl (C=O) groups is 1. The van der Waals surface area contributed by atoms with Gasteiger partial charge in [-0.15, -0.1) is 0 Å². The lowest BCUT2D eigenvalue weighted by atomic mass is 10.1. The normalized spacial score (nSPS) is 15.1. The van der Waals surface area contributed by atoms with Gasteiger partial charge < -0.3 is 10.2 Å². The second kappa shape index (κ2) is 8.84. The monoisotopic (exact) mass is 382 g/mol. The second-order valence-corrected chi connectivity index (χ2v) is 7.09. The fraction of sp³-hybridized carbons (Fsp3) is 0.381. The van der Waals surface area contributed by atoms with E-state index >= 15 is 0 Å². The molecule has 0 radical (unpaired) electrons. The number of nitrogens with zero attached hydrogens (tertiary/aromatic N) is 3. The van der Waals surface area contributed by atoms with E-state index in [1.807, 2.05) is 6.07 Å². The molecule has 7 nitrogen and oxygen atoms in total. The third kappa shape index (κ3) is 4.48. The Morgan fingerprint density at radius 1 is 1.14 bits per heavy atom. The average Bonchev–Trinajstić information content (AvgIpc) is 2.94. The summed E-state index contributed by atoms with van der Waals surface area (Å²) in [4.78, 5) is 27.9. The van der Waals surface area contributed by atoms with Crippen LogP contribution < -0.4 is 5.32 Å². The predicted molar refractivity (Wildman–Crippen MR) is 110 cm³/mol. The van der Waals surface area contributed by atoms with Crippen LogP contribution in [0.3, 0.4) is 0 Å². The topological polar surface area (TPSA) is 78.7 Å².